The van der Waals surface area contributed by atoms with Gasteiger partial charge in [-0.05, 0) is 38.0 Å². The van der Waals surface area contributed by atoms with Gasteiger partial charge < -0.3 is 14.8 Å². The van der Waals surface area contributed by atoms with Gasteiger partial charge in [-0.15, -0.1) is 0 Å². The third-order valence-corrected chi connectivity index (χ3v) is 3.11. The van der Waals surface area contributed by atoms with E-state index >= 15 is 0 Å². The number of benzene rings is 1. The fourth-order valence-corrected chi connectivity index (χ4v) is 1.92. The summed E-state index contributed by atoms with van der Waals surface area (Å²) in [6, 6.07) is 6.43. The summed E-state index contributed by atoms with van der Waals surface area (Å²) in [6.45, 7) is 4.71. The van der Waals surface area contributed by atoms with E-state index in [-0.39, 0.29) is 0 Å². The van der Waals surface area contributed by atoms with Gasteiger partial charge >= 0.3 is 0 Å². The number of rotatable bonds is 8. The Morgan fingerprint density at radius 3 is 2.89 bits per heavy atom. The quantitative estimate of drug-likeness (QED) is 0.736. The van der Waals surface area contributed by atoms with Crippen LogP contribution in [0, 0.1) is 0 Å². The van der Waals surface area contributed by atoms with Crippen molar-refractivity contribution in [3.63, 3.8) is 0 Å². The van der Waals surface area contributed by atoms with Crippen LogP contribution in [0.1, 0.15) is 25.3 Å². The molecule has 0 saturated heterocycles. The highest BCUT2D eigenvalue weighted by Gasteiger charge is 2.20. The normalized spacial score (nSPS) is 14.8. The Hall–Kier alpha value is -0.770. The topological polar surface area (TPSA) is 30.5 Å². The average Bonchev–Trinajstić information content (AvgIpc) is 3.18. The molecule has 4 heteroatoms. The number of halogens is 1. The van der Waals surface area contributed by atoms with E-state index in [4.69, 9.17) is 21.1 Å². The highest BCUT2D eigenvalue weighted by molar-refractivity contribution is 6.30. The zero-order valence-electron chi connectivity index (χ0n) is 10.7. The predicted molar refractivity (Wildman–Crippen MR) is 73.3 cm³/mol. The molecule has 1 aromatic rings. The van der Waals surface area contributed by atoms with Gasteiger partial charge in [0.05, 0.1) is 6.61 Å². The van der Waals surface area contributed by atoms with Crippen molar-refractivity contribution in [2.75, 3.05) is 19.8 Å². The van der Waals surface area contributed by atoms with E-state index in [1.54, 1.807) is 0 Å². The third-order valence-electron chi connectivity index (χ3n) is 2.87. The number of nitrogens with one attached hydrogen (secondary N) is 1. The largest absolute Gasteiger partial charge is 0.491 e. The summed E-state index contributed by atoms with van der Waals surface area (Å²) in [6.07, 6.45) is 2.56. The molecule has 2 rings (SSSR count). The molecule has 0 unspecified atom stereocenters. The summed E-state index contributed by atoms with van der Waals surface area (Å²) in [4.78, 5) is 0. The van der Waals surface area contributed by atoms with Gasteiger partial charge in [-0.2, -0.15) is 0 Å². The molecule has 3 nitrogen and oxygen atoms in total. The van der Waals surface area contributed by atoms with Crippen LogP contribution in [0.15, 0.2) is 18.2 Å². The molecule has 1 aromatic carbocycles. The smallest absolute Gasteiger partial charge is 0.124 e. The maximum Gasteiger partial charge on any atom is 0.124 e. The second-order valence-electron chi connectivity index (χ2n) is 4.45. The summed E-state index contributed by atoms with van der Waals surface area (Å²) in [5.41, 5.74) is 1.12. The molecule has 0 amide bonds. The van der Waals surface area contributed by atoms with Crippen LogP contribution >= 0.6 is 11.6 Å². The molecule has 100 valence electrons. The fraction of sp³-hybridized carbons (Fsp3) is 0.571. The van der Waals surface area contributed by atoms with Crippen molar-refractivity contribution in [2.45, 2.75) is 32.4 Å². The van der Waals surface area contributed by atoms with Crippen molar-refractivity contribution >= 4 is 11.6 Å². The van der Waals surface area contributed by atoms with E-state index in [0.717, 1.165) is 29.5 Å². The molecular weight excluding hydrogens is 250 g/mol. The van der Waals surface area contributed by atoms with Gasteiger partial charge in [0.1, 0.15) is 12.4 Å². The monoisotopic (exact) mass is 269 g/mol. The Balaban J connectivity index is 1.88. The summed E-state index contributed by atoms with van der Waals surface area (Å²) in [5.74, 6) is 0.896. The first-order chi connectivity index (χ1) is 8.79. The molecule has 1 N–H and O–H groups in total. The van der Waals surface area contributed by atoms with Crippen LogP contribution in [-0.4, -0.2) is 25.9 Å². The van der Waals surface area contributed by atoms with Crippen molar-refractivity contribution in [3.8, 4) is 5.75 Å². The first kappa shape index (κ1) is 13.7. The fourth-order valence-electron chi connectivity index (χ4n) is 1.72. The van der Waals surface area contributed by atoms with E-state index in [1.165, 1.54) is 12.8 Å². The molecule has 18 heavy (non-hydrogen) atoms. The molecule has 0 aromatic heterocycles. The van der Waals surface area contributed by atoms with E-state index in [9.17, 15) is 0 Å². The average molecular weight is 270 g/mol. The lowest BCUT2D eigenvalue weighted by Crippen LogP contribution is -2.16. The van der Waals surface area contributed by atoms with Crippen LogP contribution in [0.2, 0.25) is 5.02 Å². The van der Waals surface area contributed by atoms with Gasteiger partial charge in [0.15, 0.2) is 0 Å². The third kappa shape index (κ3) is 4.48. The van der Waals surface area contributed by atoms with Crippen molar-refractivity contribution in [1.82, 2.24) is 5.32 Å². The van der Waals surface area contributed by atoms with Crippen molar-refractivity contribution in [2.24, 2.45) is 0 Å². The van der Waals surface area contributed by atoms with Gasteiger partial charge in [-0.25, -0.2) is 0 Å². The van der Waals surface area contributed by atoms with Crippen molar-refractivity contribution in [1.29, 1.82) is 0 Å². The maximum absolute atomic E-state index is 6.02. The minimum Gasteiger partial charge on any atom is -0.491 e. The Labute approximate surface area is 113 Å². The number of hydrogen-bond acceptors (Lipinski definition) is 3. The van der Waals surface area contributed by atoms with Crippen molar-refractivity contribution < 1.29 is 9.47 Å². The first-order valence-corrected chi connectivity index (χ1v) is 6.89. The number of hydrogen-bond donors (Lipinski definition) is 1. The number of ether oxygens (including phenoxy) is 2. The Morgan fingerprint density at radius 1 is 1.33 bits per heavy atom. The van der Waals surface area contributed by atoms with Gasteiger partial charge in [-0.1, -0.05) is 11.6 Å². The predicted octanol–water partition coefficient (Wildman–Crippen LogP) is 3.01. The van der Waals surface area contributed by atoms with Crippen LogP contribution in [0.25, 0.3) is 0 Å². The standard InChI is InChI=1S/C14H20ClNO2/c1-2-17-7-8-18-14-6-3-12(15)9-11(14)10-16-13-4-5-13/h3,6,9,13,16H,2,4-5,7-8,10H2,1H3. The summed E-state index contributed by atoms with van der Waals surface area (Å²) >= 11 is 6.02. The van der Waals surface area contributed by atoms with Crippen LogP contribution in [0.4, 0.5) is 0 Å². The molecule has 1 fully saturated rings. The van der Waals surface area contributed by atoms with E-state index in [0.29, 0.717) is 19.3 Å². The second kappa shape index (κ2) is 6.98. The maximum atomic E-state index is 6.02. The zero-order chi connectivity index (χ0) is 12.8. The van der Waals surface area contributed by atoms with Gasteiger partial charge in [0.25, 0.3) is 0 Å². The minimum atomic E-state index is 0.575. The Kier molecular flexibility index (Phi) is 5.29. The van der Waals surface area contributed by atoms with Gasteiger partial charge in [0, 0.05) is 29.8 Å². The molecule has 1 saturated carbocycles. The molecule has 0 aliphatic heterocycles. The molecular formula is C14H20ClNO2. The lowest BCUT2D eigenvalue weighted by Gasteiger charge is -2.12. The van der Waals surface area contributed by atoms with Crippen LogP contribution < -0.4 is 10.1 Å². The first-order valence-electron chi connectivity index (χ1n) is 6.52. The molecule has 1 aliphatic rings. The SMILES string of the molecule is CCOCCOc1ccc(Cl)cc1CNC1CC1. The van der Waals surface area contributed by atoms with Crippen LogP contribution in [0.5, 0.6) is 5.75 Å². The summed E-state index contributed by atoms with van der Waals surface area (Å²) < 4.78 is 11.0. The Morgan fingerprint density at radius 2 is 2.17 bits per heavy atom. The molecule has 0 heterocycles. The molecule has 0 spiro atoms. The lowest BCUT2D eigenvalue weighted by atomic mass is 10.2. The highest BCUT2D eigenvalue weighted by Crippen LogP contribution is 2.25. The lowest BCUT2D eigenvalue weighted by molar-refractivity contribution is 0.110. The van der Waals surface area contributed by atoms with Crippen molar-refractivity contribution in [3.05, 3.63) is 28.8 Å². The highest BCUT2D eigenvalue weighted by atomic mass is 35.5. The van der Waals surface area contributed by atoms with Gasteiger partial charge in [-0.3, -0.25) is 0 Å². The van der Waals surface area contributed by atoms with E-state index in [1.807, 2.05) is 25.1 Å². The van der Waals surface area contributed by atoms with Crippen LogP contribution in [-0.2, 0) is 11.3 Å². The summed E-state index contributed by atoms with van der Waals surface area (Å²) in [5, 5.41) is 4.22. The molecule has 1 aliphatic carbocycles. The second-order valence-corrected chi connectivity index (χ2v) is 4.89. The van der Waals surface area contributed by atoms with Gasteiger partial charge in [0.2, 0.25) is 0 Å². The molecule has 0 bridgehead atoms. The molecule has 0 atom stereocenters. The van der Waals surface area contributed by atoms with E-state index < -0.39 is 0 Å². The summed E-state index contributed by atoms with van der Waals surface area (Å²) in [7, 11) is 0. The zero-order valence-corrected chi connectivity index (χ0v) is 11.5. The van der Waals surface area contributed by atoms with Crippen LogP contribution in [0.3, 0.4) is 0 Å². The van der Waals surface area contributed by atoms with E-state index in [2.05, 4.69) is 5.32 Å². The molecule has 0 radical (unpaired) electrons. The minimum absolute atomic E-state index is 0.575. The Bertz CT molecular complexity index is 380.